The molecule has 1 heterocycles. The molecule has 0 spiro atoms. The van der Waals surface area contributed by atoms with Gasteiger partial charge >= 0.3 is 0 Å². The van der Waals surface area contributed by atoms with E-state index >= 15 is 0 Å². The SMILES string of the molecule is CNc1nc(CSC(C)(C)C)ns1. The van der Waals surface area contributed by atoms with Crippen LogP contribution in [-0.2, 0) is 5.75 Å². The number of anilines is 1. The Labute approximate surface area is 87.5 Å². The van der Waals surface area contributed by atoms with Gasteiger partial charge in [0, 0.05) is 23.3 Å². The zero-order chi connectivity index (χ0) is 9.90. The van der Waals surface area contributed by atoms with Crippen LogP contribution in [0.2, 0.25) is 0 Å². The normalized spacial score (nSPS) is 11.7. The molecule has 0 aliphatic carbocycles. The van der Waals surface area contributed by atoms with Crippen LogP contribution in [0.25, 0.3) is 0 Å². The number of thioether (sulfide) groups is 1. The van der Waals surface area contributed by atoms with Crippen molar-refractivity contribution >= 4 is 28.4 Å². The Kier molecular flexibility index (Phi) is 3.55. The van der Waals surface area contributed by atoms with Crippen LogP contribution < -0.4 is 5.32 Å². The van der Waals surface area contributed by atoms with E-state index in [0.29, 0.717) is 0 Å². The summed E-state index contributed by atoms with van der Waals surface area (Å²) >= 11 is 3.28. The van der Waals surface area contributed by atoms with Crippen molar-refractivity contribution in [3.05, 3.63) is 5.82 Å². The van der Waals surface area contributed by atoms with Crippen LogP contribution in [0.4, 0.5) is 5.13 Å². The van der Waals surface area contributed by atoms with Crippen LogP contribution >= 0.6 is 23.3 Å². The largest absolute Gasteiger partial charge is 0.363 e. The third-order valence-corrected chi connectivity index (χ3v) is 3.36. The molecule has 0 aliphatic heterocycles. The van der Waals surface area contributed by atoms with Gasteiger partial charge in [0.2, 0.25) is 5.13 Å². The fourth-order valence-electron chi connectivity index (χ4n) is 0.695. The molecule has 0 unspecified atom stereocenters. The van der Waals surface area contributed by atoms with E-state index in [-0.39, 0.29) is 4.75 Å². The van der Waals surface area contributed by atoms with E-state index in [4.69, 9.17) is 0 Å². The summed E-state index contributed by atoms with van der Waals surface area (Å²) < 4.78 is 4.52. The average Bonchev–Trinajstić information content (AvgIpc) is 2.47. The predicted molar refractivity (Wildman–Crippen MR) is 60.5 cm³/mol. The standard InChI is InChI=1S/C8H15N3S2/c1-8(2,3)12-5-6-10-7(9-4)13-11-6/h5H2,1-4H3,(H,9,10,11). The first-order valence-electron chi connectivity index (χ1n) is 4.15. The molecule has 0 radical (unpaired) electrons. The Morgan fingerprint density at radius 2 is 2.15 bits per heavy atom. The predicted octanol–water partition coefficient (Wildman–Crippen LogP) is 2.61. The van der Waals surface area contributed by atoms with Gasteiger partial charge in [-0.2, -0.15) is 4.37 Å². The zero-order valence-corrected chi connectivity index (χ0v) is 10.1. The van der Waals surface area contributed by atoms with Gasteiger partial charge in [0.1, 0.15) is 0 Å². The van der Waals surface area contributed by atoms with Crippen molar-refractivity contribution < 1.29 is 0 Å². The van der Waals surface area contributed by atoms with Crippen molar-refractivity contribution in [3.63, 3.8) is 0 Å². The monoisotopic (exact) mass is 217 g/mol. The number of nitrogens with one attached hydrogen (secondary N) is 1. The van der Waals surface area contributed by atoms with Crippen molar-refractivity contribution in [2.75, 3.05) is 12.4 Å². The minimum Gasteiger partial charge on any atom is -0.363 e. The summed E-state index contributed by atoms with van der Waals surface area (Å²) in [7, 11) is 1.86. The zero-order valence-electron chi connectivity index (χ0n) is 8.42. The third-order valence-electron chi connectivity index (χ3n) is 1.32. The quantitative estimate of drug-likeness (QED) is 0.844. The van der Waals surface area contributed by atoms with Crippen LogP contribution in [0, 0.1) is 0 Å². The van der Waals surface area contributed by atoms with Gasteiger partial charge in [-0.05, 0) is 0 Å². The van der Waals surface area contributed by atoms with Gasteiger partial charge in [-0.15, -0.1) is 11.8 Å². The number of rotatable bonds is 3. The fourth-order valence-corrected chi connectivity index (χ4v) is 2.00. The highest BCUT2D eigenvalue weighted by molar-refractivity contribution is 7.99. The number of aromatic nitrogens is 2. The molecule has 5 heteroatoms. The van der Waals surface area contributed by atoms with E-state index in [2.05, 4.69) is 35.4 Å². The van der Waals surface area contributed by atoms with E-state index < -0.39 is 0 Å². The average molecular weight is 217 g/mol. The van der Waals surface area contributed by atoms with Crippen LogP contribution in [0.5, 0.6) is 0 Å². The molecular weight excluding hydrogens is 202 g/mol. The molecule has 1 N–H and O–H groups in total. The second-order valence-electron chi connectivity index (χ2n) is 3.67. The van der Waals surface area contributed by atoms with Crippen molar-refractivity contribution in [2.45, 2.75) is 31.3 Å². The molecule has 0 aliphatic rings. The highest BCUT2D eigenvalue weighted by Crippen LogP contribution is 2.26. The number of nitrogens with zero attached hydrogens (tertiary/aromatic N) is 2. The lowest BCUT2D eigenvalue weighted by Crippen LogP contribution is -2.07. The van der Waals surface area contributed by atoms with Gasteiger partial charge in [-0.1, -0.05) is 20.8 Å². The van der Waals surface area contributed by atoms with Gasteiger partial charge in [0.25, 0.3) is 0 Å². The maximum absolute atomic E-state index is 4.31. The molecule has 0 fully saturated rings. The molecule has 0 atom stereocenters. The molecule has 1 rings (SSSR count). The summed E-state index contributed by atoms with van der Waals surface area (Å²) in [6.45, 7) is 6.59. The highest BCUT2D eigenvalue weighted by Gasteiger charge is 2.12. The first-order valence-corrected chi connectivity index (χ1v) is 5.91. The van der Waals surface area contributed by atoms with Gasteiger partial charge in [-0.3, -0.25) is 0 Å². The summed E-state index contributed by atoms with van der Waals surface area (Å²) in [6, 6.07) is 0. The summed E-state index contributed by atoms with van der Waals surface area (Å²) in [5.74, 6) is 1.82. The van der Waals surface area contributed by atoms with Crippen molar-refractivity contribution in [3.8, 4) is 0 Å². The Balaban J connectivity index is 2.46. The highest BCUT2D eigenvalue weighted by atomic mass is 32.2. The summed E-state index contributed by atoms with van der Waals surface area (Å²) in [6.07, 6.45) is 0. The number of hydrogen-bond donors (Lipinski definition) is 1. The van der Waals surface area contributed by atoms with E-state index in [9.17, 15) is 0 Å². The second kappa shape index (κ2) is 4.28. The molecule has 1 aromatic rings. The fraction of sp³-hybridized carbons (Fsp3) is 0.750. The lowest BCUT2D eigenvalue weighted by Gasteiger charge is -2.15. The minimum atomic E-state index is 0.283. The van der Waals surface area contributed by atoms with E-state index in [0.717, 1.165) is 16.7 Å². The Bertz CT molecular complexity index is 265. The van der Waals surface area contributed by atoms with E-state index in [1.54, 1.807) is 0 Å². The maximum Gasteiger partial charge on any atom is 0.202 e. The molecule has 0 aromatic carbocycles. The van der Waals surface area contributed by atoms with Crippen molar-refractivity contribution in [1.29, 1.82) is 0 Å². The Morgan fingerprint density at radius 3 is 2.62 bits per heavy atom. The van der Waals surface area contributed by atoms with Crippen LogP contribution in [0.1, 0.15) is 26.6 Å². The first-order chi connectivity index (χ1) is 6.01. The molecule has 3 nitrogen and oxygen atoms in total. The second-order valence-corrected chi connectivity index (χ2v) is 6.22. The smallest absolute Gasteiger partial charge is 0.202 e. The van der Waals surface area contributed by atoms with E-state index in [1.165, 1.54) is 11.5 Å². The van der Waals surface area contributed by atoms with Crippen LogP contribution in [-0.4, -0.2) is 21.2 Å². The molecule has 74 valence electrons. The van der Waals surface area contributed by atoms with Crippen LogP contribution in [0.3, 0.4) is 0 Å². The maximum atomic E-state index is 4.31. The lowest BCUT2D eigenvalue weighted by molar-refractivity contribution is 0.801. The van der Waals surface area contributed by atoms with Gasteiger partial charge in [0.05, 0.1) is 5.75 Å². The summed E-state index contributed by atoms with van der Waals surface area (Å²) in [5.41, 5.74) is 0. The summed E-state index contributed by atoms with van der Waals surface area (Å²) in [4.78, 5) is 4.31. The minimum absolute atomic E-state index is 0.283. The molecule has 13 heavy (non-hydrogen) atoms. The molecule has 0 amide bonds. The summed E-state index contributed by atoms with van der Waals surface area (Å²) in [5, 5.41) is 3.87. The molecule has 0 saturated heterocycles. The van der Waals surface area contributed by atoms with Gasteiger partial charge < -0.3 is 5.32 Å². The topological polar surface area (TPSA) is 37.8 Å². The Hall–Kier alpha value is -0.290. The third kappa shape index (κ3) is 3.95. The van der Waals surface area contributed by atoms with Gasteiger partial charge in [0.15, 0.2) is 5.82 Å². The lowest BCUT2D eigenvalue weighted by atomic mass is 10.3. The first kappa shape index (κ1) is 10.8. The molecule has 0 bridgehead atoms. The van der Waals surface area contributed by atoms with Gasteiger partial charge in [-0.25, -0.2) is 4.98 Å². The van der Waals surface area contributed by atoms with Crippen molar-refractivity contribution in [1.82, 2.24) is 9.36 Å². The molecular formula is C8H15N3S2. The molecule has 0 saturated carbocycles. The van der Waals surface area contributed by atoms with Crippen LogP contribution in [0.15, 0.2) is 0 Å². The Morgan fingerprint density at radius 1 is 1.46 bits per heavy atom. The van der Waals surface area contributed by atoms with E-state index in [1.807, 2.05) is 18.8 Å². The number of hydrogen-bond acceptors (Lipinski definition) is 5. The van der Waals surface area contributed by atoms with Crippen molar-refractivity contribution in [2.24, 2.45) is 0 Å². The molecule has 1 aromatic heterocycles.